The Morgan fingerprint density at radius 2 is 1.33 bits per heavy atom. The number of nitrogens with zero attached hydrogens (tertiary/aromatic N) is 2. The van der Waals surface area contributed by atoms with E-state index in [1.807, 2.05) is 64.1 Å². The molecule has 2 unspecified atom stereocenters. The van der Waals surface area contributed by atoms with Crippen LogP contribution in [-0.4, -0.2) is 89.9 Å². The largest absolute Gasteiger partial charge is 0.396 e. The summed E-state index contributed by atoms with van der Waals surface area (Å²) in [6, 6.07) is 12.0. The van der Waals surface area contributed by atoms with Crippen molar-refractivity contribution >= 4 is 23.2 Å². The van der Waals surface area contributed by atoms with Gasteiger partial charge >= 0.3 is 0 Å². The standard InChI is InChI=1S/C35H54N4O4/c1-27-14-11-15-28(2)33(27)36-32(42)26-39(23-25-41,22-9-10-24-40)21-8-6-5-7-19-38-20-13-18-31(38)35(43)37-34-29(3)16-12-17-30(34)4/h11-12,14-17,31,40-41H,5-10,13,18-26H2,1-4H3,(H-,36,37,42,43)/p+1. The zero-order valence-electron chi connectivity index (χ0n) is 27.0. The minimum Gasteiger partial charge on any atom is -0.396 e. The third-order valence-corrected chi connectivity index (χ3v) is 9.06. The molecule has 8 heteroatoms. The van der Waals surface area contributed by atoms with Crippen molar-refractivity contribution < 1.29 is 24.3 Å². The van der Waals surface area contributed by atoms with Crippen LogP contribution in [0, 0.1) is 27.7 Å². The van der Waals surface area contributed by atoms with Crippen LogP contribution in [0.5, 0.6) is 0 Å². The second-order valence-electron chi connectivity index (χ2n) is 12.5. The molecular formula is C35H55N4O4+. The first-order valence-electron chi connectivity index (χ1n) is 16.2. The first-order valence-corrected chi connectivity index (χ1v) is 16.2. The van der Waals surface area contributed by atoms with Crippen molar-refractivity contribution in [1.29, 1.82) is 0 Å². The Hall–Kier alpha value is -2.78. The summed E-state index contributed by atoms with van der Waals surface area (Å²) < 4.78 is 0.528. The molecule has 0 spiro atoms. The molecule has 1 fully saturated rings. The summed E-state index contributed by atoms with van der Waals surface area (Å²) >= 11 is 0. The summed E-state index contributed by atoms with van der Waals surface area (Å²) in [7, 11) is 0. The number of unbranched alkanes of at least 4 members (excludes halogenated alkanes) is 4. The van der Waals surface area contributed by atoms with Gasteiger partial charge in [-0.2, -0.15) is 0 Å². The molecule has 0 aliphatic carbocycles. The van der Waals surface area contributed by atoms with Crippen molar-refractivity contribution in [1.82, 2.24) is 4.90 Å². The van der Waals surface area contributed by atoms with Gasteiger partial charge in [-0.05, 0) is 108 Å². The molecule has 2 aromatic carbocycles. The number of aliphatic hydroxyl groups excluding tert-OH is 2. The number of para-hydroxylation sites is 2. The quantitative estimate of drug-likeness (QED) is 0.142. The van der Waals surface area contributed by atoms with Gasteiger partial charge in [0, 0.05) is 18.0 Å². The maximum absolute atomic E-state index is 13.3. The fraction of sp³-hybridized carbons (Fsp3) is 0.600. The number of aryl methyl sites for hydroxylation is 4. The van der Waals surface area contributed by atoms with Crippen molar-refractivity contribution in [3.05, 3.63) is 58.7 Å². The first kappa shape index (κ1) is 34.7. The number of carbonyl (C=O) groups excluding carboxylic acids is 2. The average Bonchev–Trinajstić information content (AvgIpc) is 3.44. The van der Waals surface area contributed by atoms with Gasteiger partial charge in [0.05, 0.1) is 25.7 Å². The predicted molar refractivity (Wildman–Crippen MR) is 175 cm³/mol. The van der Waals surface area contributed by atoms with Crippen molar-refractivity contribution in [3.8, 4) is 0 Å². The molecule has 4 N–H and O–H groups in total. The van der Waals surface area contributed by atoms with E-state index in [2.05, 4.69) is 15.5 Å². The number of amides is 2. The molecule has 43 heavy (non-hydrogen) atoms. The highest BCUT2D eigenvalue weighted by Gasteiger charge is 2.31. The van der Waals surface area contributed by atoms with E-state index in [0.29, 0.717) is 24.0 Å². The van der Waals surface area contributed by atoms with Crippen molar-refractivity contribution in [2.45, 2.75) is 85.1 Å². The monoisotopic (exact) mass is 595 g/mol. The number of carbonyl (C=O) groups is 2. The highest BCUT2D eigenvalue weighted by Crippen LogP contribution is 2.24. The molecule has 238 valence electrons. The van der Waals surface area contributed by atoms with Gasteiger partial charge in [-0.3, -0.25) is 14.5 Å². The van der Waals surface area contributed by atoms with Crippen LogP contribution in [0.3, 0.4) is 0 Å². The summed E-state index contributed by atoms with van der Waals surface area (Å²) in [4.78, 5) is 28.8. The lowest BCUT2D eigenvalue weighted by molar-refractivity contribution is -0.921. The Morgan fingerprint density at radius 1 is 0.767 bits per heavy atom. The van der Waals surface area contributed by atoms with Gasteiger partial charge in [0.25, 0.3) is 5.91 Å². The predicted octanol–water partition coefficient (Wildman–Crippen LogP) is 5.10. The number of benzene rings is 2. The highest BCUT2D eigenvalue weighted by atomic mass is 16.3. The molecule has 2 atom stereocenters. The molecular weight excluding hydrogens is 540 g/mol. The first-order chi connectivity index (χ1) is 20.7. The van der Waals surface area contributed by atoms with E-state index >= 15 is 0 Å². The van der Waals surface area contributed by atoms with Gasteiger partial charge in [0.1, 0.15) is 6.54 Å². The van der Waals surface area contributed by atoms with E-state index in [-0.39, 0.29) is 31.1 Å². The fourth-order valence-electron chi connectivity index (χ4n) is 6.56. The van der Waals surface area contributed by atoms with E-state index in [1.165, 1.54) is 0 Å². The molecule has 2 aromatic rings. The summed E-state index contributed by atoms with van der Waals surface area (Å²) in [5.41, 5.74) is 6.06. The van der Waals surface area contributed by atoms with Crippen LogP contribution in [-0.2, 0) is 9.59 Å². The fourth-order valence-corrected chi connectivity index (χ4v) is 6.56. The van der Waals surface area contributed by atoms with Gasteiger partial charge in [0.2, 0.25) is 5.91 Å². The topological polar surface area (TPSA) is 102 Å². The molecule has 8 nitrogen and oxygen atoms in total. The van der Waals surface area contributed by atoms with Gasteiger partial charge in [0.15, 0.2) is 6.54 Å². The number of anilines is 2. The van der Waals surface area contributed by atoms with Crippen molar-refractivity contribution in [2.24, 2.45) is 0 Å². The van der Waals surface area contributed by atoms with Crippen LogP contribution < -0.4 is 10.6 Å². The van der Waals surface area contributed by atoms with Crippen LogP contribution >= 0.6 is 0 Å². The van der Waals surface area contributed by atoms with Crippen LogP contribution in [0.1, 0.15) is 73.6 Å². The van der Waals surface area contributed by atoms with Gasteiger partial charge in [-0.1, -0.05) is 42.8 Å². The second-order valence-corrected chi connectivity index (χ2v) is 12.5. The Balaban J connectivity index is 1.51. The Kier molecular flexibility index (Phi) is 14.1. The zero-order chi connectivity index (χ0) is 31.2. The number of hydrogen-bond donors (Lipinski definition) is 4. The number of likely N-dealkylation sites (tertiary alicyclic amines) is 1. The lowest BCUT2D eigenvalue weighted by atomic mass is 10.1. The Labute approximate surface area is 259 Å². The zero-order valence-corrected chi connectivity index (χ0v) is 27.0. The van der Waals surface area contributed by atoms with Gasteiger partial charge in [-0.15, -0.1) is 0 Å². The molecule has 1 aliphatic rings. The molecule has 0 aromatic heterocycles. The van der Waals surface area contributed by atoms with E-state index in [1.54, 1.807) is 0 Å². The van der Waals surface area contributed by atoms with E-state index in [0.717, 1.165) is 105 Å². The lowest BCUT2D eigenvalue weighted by Crippen LogP contribution is -2.55. The molecule has 0 radical (unpaired) electrons. The van der Waals surface area contributed by atoms with Crippen LogP contribution in [0.2, 0.25) is 0 Å². The number of rotatable bonds is 18. The molecule has 3 rings (SSSR count). The number of quaternary nitrogens is 1. The average molecular weight is 596 g/mol. The maximum Gasteiger partial charge on any atom is 0.279 e. The summed E-state index contributed by atoms with van der Waals surface area (Å²) in [5, 5.41) is 25.7. The highest BCUT2D eigenvalue weighted by molar-refractivity contribution is 5.96. The Bertz CT molecular complexity index is 1150. The molecule has 1 aliphatic heterocycles. The van der Waals surface area contributed by atoms with E-state index in [9.17, 15) is 19.8 Å². The summed E-state index contributed by atoms with van der Waals surface area (Å²) in [6.07, 6.45) is 7.55. The number of nitrogens with one attached hydrogen (secondary N) is 2. The summed E-state index contributed by atoms with van der Waals surface area (Å²) in [5.74, 6) is 0.0668. The van der Waals surface area contributed by atoms with Crippen molar-refractivity contribution in [3.63, 3.8) is 0 Å². The Morgan fingerprint density at radius 3 is 1.91 bits per heavy atom. The second kappa shape index (κ2) is 17.5. The SMILES string of the molecule is Cc1cccc(C)c1NC(=O)C[N+](CCO)(CCCCO)CCCCCCN1CCCC1C(=O)Nc1c(C)cccc1C. The lowest BCUT2D eigenvalue weighted by Gasteiger charge is -2.38. The van der Waals surface area contributed by atoms with Crippen LogP contribution in [0.15, 0.2) is 36.4 Å². The van der Waals surface area contributed by atoms with E-state index in [4.69, 9.17) is 0 Å². The third-order valence-electron chi connectivity index (χ3n) is 9.06. The molecule has 2 amide bonds. The smallest absolute Gasteiger partial charge is 0.279 e. The summed E-state index contributed by atoms with van der Waals surface area (Å²) in [6.45, 7) is 12.5. The minimum absolute atomic E-state index is 0.0240. The minimum atomic E-state index is -0.0743. The van der Waals surface area contributed by atoms with Crippen LogP contribution in [0.25, 0.3) is 0 Å². The molecule has 1 heterocycles. The normalized spacial score (nSPS) is 16.7. The maximum atomic E-state index is 13.3. The number of aliphatic hydroxyl groups is 2. The van der Waals surface area contributed by atoms with Gasteiger partial charge in [-0.25, -0.2) is 0 Å². The van der Waals surface area contributed by atoms with Crippen LogP contribution in [0.4, 0.5) is 11.4 Å². The molecule has 0 bridgehead atoms. The van der Waals surface area contributed by atoms with Crippen molar-refractivity contribution in [2.75, 3.05) is 63.1 Å². The third kappa shape index (κ3) is 10.4. The molecule has 0 saturated carbocycles. The molecule has 1 saturated heterocycles. The van der Waals surface area contributed by atoms with Gasteiger partial charge < -0.3 is 25.3 Å². The van der Waals surface area contributed by atoms with E-state index < -0.39 is 0 Å². The number of hydrogen-bond acceptors (Lipinski definition) is 5.